The fraction of sp³-hybridized carbons (Fsp3) is 0.467. The zero-order valence-corrected chi connectivity index (χ0v) is 11.9. The third-order valence-corrected chi connectivity index (χ3v) is 3.92. The molecule has 1 aromatic carbocycles. The molecule has 1 aliphatic rings. The standard InChI is InChI=1S/C15H21N3O2/c1-15(9-16,12-6-7-12)18-14(20)11-5-3-4-10(8-11)13(19)17-2/h3-5,8,12H,6-7,9,16H2,1-2H3,(H,17,19)(H,18,20). The molecule has 0 aliphatic heterocycles. The van der Waals surface area contributed by atoms with Crippen LogP contribution in [0.3, 0.4) is 0 Å². The summed E-state index contributed by atoms with van der Waals surface area (Å²) in [6.07, 6.45) is 2.21. The molecule has 2 amide bonds. The van der Waals surface area contributed by atoms with Crippen LogP contribution in [-0.4, -0.2) is 30.9 Å². The average Bonchev–Trinajstić information content (AvgIpc) is 3.31. The lowest BCUT2D eigenvalue weighted by molar-refractivity contribution is 0.0898. The van der Waals surface area contributed by atoms with Gasteiger partial charge in [0.25, 0.3) is 11.8 Å². The summed E-state index contributed by atoms with van der Waals surface area (Å²) in [5, 5.41) is 5.55. The fourth-order valence-corrected chi connectivity index (χ4v) is 2.32. The van der Waals surface area contributed by atoms with E-state index in [1.165, 1.54) is 0 Å². The van der Waals surface area contributed by atoms with Crippen LogP contribution < -0.4 is 16.4 Å². The Labute approximate surface area is 118 Å². The van der Waals surface area contributed by atoms with Gasteiger partial charge in [0.05, 0.1) is 5.54 Å². The number of rotatable bonds is 5. The van der Waals surface area contributed by atoms with Gasteiger partial charge in [0.2, 0.25) is 0 Å². The number of hydrogen-bond donors (Lipinski definition) is 3. The van der Waals surface area contributed by atoms with Gasteiger partial charge in [0.1, 0.15) is 0 Å². The minimum absolute atomic E-state index is 0.185. The van der Waals surface area contributed by atoms with Crippen LogP contribution in [0.25, 0.3) is 0 Å². The number of carbonyl (C=O) groups is 2. The Balaban J connectivity index is 2.14. The lowest BCUT2D eigenvalue weighted by Crippen LogP contribution is -2.53. The van der Waals surface area contributed by atoms with E-state index in [9.17, 15) is 9.59 Å². The summed E-state index contributed by atoms with van der Waals surface area (Å²) in [7, 11) is 1.56. The molecular weight excluding hydrogens is 254 g/mol. The van der Waals surface area contributed by atoms with Gasteiger partial charge in [-0.2, -0.15) is 0 Å². The molecule has 0 saturated heterocycles. The smallest absolute Gasteiger partial charge is 0.251 e. The van der Waals surface area contributed by atoms with Crippen molar-refractivity contribution >= 4 is 11.8 Å². The second kappa shape index (κ2) is 5.63. The average molecular weight is 275 g/mol. The van der Waals surface area contributed by atoms with Crippen LogP contribution in [-0.2, 0) is 0 Å². The summed E-state index contributed by atoms with van der Waals surface area (Å²) >= 11 is 0. The molecular formula is C15H21N3O2. The van der Waals surface area contributed by atoms with Gasteiger partial charge >= 0.3 is 0 Å². The monoisotopic (exact) mass is 275 g/mol. The van der Waals surface area contributed by atoms with Crippen LogP contribution in [0.2, 0.25) is 0 Å². The molecule has 0 spiro atoms. The van der Waals surface area contributed by atoms with Crippen molar-refractivity contribution < 1.29 is 9.59 Å². The molecule has 108 valence electrons. The largest absolute Gasteiger partial charge is 0.355 e. The lowest BCUT2D eigenvalue weighted by Gasteiger charge is -2.29. The van der Waals surface area contributed by atoms with E-state index >= 15 is 0 Å². The number of nitrogens with one attached hydrogen (secondary N) is 2. The maximum atomic E-state index is 12.3. The molecule has 5 nitrogen and oxygen atoms in total. The van der Waals surface area contributed by atoms with E-state index in [0.29, 0.717) is 23.6 Å². The van der Waals surface area contributed by atoms with Gasteiger partial charge in [-0.15, -0.1) is 0 Å². The summed E-state index contributed by atoms with van der Waals surface area (Å²) in [4.78, 5) is 23.9. The highest BCUT2D eigenvalue weighted by Gasteiger charge is 2.41. The molecule has 4 N–H and O–H groups in total. The van der Waals surface area contributed by atoms with Gasteiger partial charge in [-0.25, -0.2) is 0 Å². The zero-order valence-electron chi connectivity index (χ0n) is 11.9. The summed E-state index contributed by atoms with van der Waals surface area (Å²) in [6.45, 7) is 2.39. The van der Waals surface area contributed by atoms with Crippen LogP contribution in [0.1, 0.15) is 40.5 Å². The van der Waals surface area contributed by atoms with E-state index < -0.39 is 0 Å². The SMILES string of the molecule is CNC(=O)c1cccc(C(=O)NC(C)(CN)C2CC2)c1. The Morgan fingerprint density at radius 3 is 2.40 bits per heavy atom. The first-order valence-corrected chi connectivity index (χ1v) is 6.85. The Hall–Kier alpha value is -1.88. The van der Waals surface area contributed by atoms with Crippen molar-refractivity contribution in [2.24, 2.45) is 11.7 Å². The molecule has 5 heteroatoms. The van der Waals surface area contributed by atoms with Crippen molar-refractivity contribution in [2.45, 2.75) is 25.3 Å². The van der Waals surface area contributed by atoms with Gasteiger partial charge in [-0.1, -0.05) is 6.07 Å². The molecule has 1 atom stereocenters. The highest BCUT2D eigenvalue weighted by atomic mass is 16.2. The zero-order chi connectivity index (χ0) is 14.8. The fourth-order valence-electron chi connectivity index (χ4n) is 2.32. The molecule has 20 heavy (non-hydrogen) atoms. The van der Waals surface area contributed by atoms with E-state index in [2.05, 4.69) is 10.6 Å². The van der Waals surface area contributed by atoms with Gasteiger partial charge in [0, 0.05) is 24.7 Å². The number of carbonyl (C=O) groups excluding carboxylic acids is 2. The minimum atomic E-state index is -0.361. The molecule has 2 rings (SSSR count). The summed E-state index contributed by atoms with van der Waals surface area (Å²) in [5.74, 6) is 0.0672. The third-order valence-electron chi connectivity index (χ3n) is 3.92. The number of nitrogens with two attached hydrogens (primary N) is 1. The van der Waals surface area contributed by atoms with E-state index in [4.69, 9.17) is 5.73 Å². The van der Waals surface area contributed by atoms with Crippen molar-refractivity contribution in [1.82, 2.24) is 10.6 Å². The Morgan fingerprint density at radius 2 is 1.90 bits per heavy atom. The van der Waals surface area contributed by atoms with E-state index in [0.717, 1.165) is 12.8 Å². The van der Waals surface area contributed by atoms with Crippen molar-refractivity contribution in [1.29, 1.82) is 0 Å². The van der Waals surface area contributed by atoms with Gasteiger partial charge in [0.15, 0.2) is 0 Å². The van der Waals surface area contributed by atoms with Crippen molar-refractivity contribution in [3.8, 4) is 0 Å². The second-order valence-corrected chi connectivity index (χ2v) is 5.51. The van der Waals surface area contributed by atoms with E-state index in [-0.39, 0.29) is 17.4 Å². The van der Waals surface area contributed by atoms with Gasteiger partial charge in [-0.3, -0.25) is 9.59 Å². The maximum Gasteiger partial charge on any atom is 0.251 e. The van der Waals surface area contributed by atoms with Crippen molar-refractivity contribution in [3.05, 3.63) is 35.4 Å². The highest BCUT2D eigenvalue weighted by Crippen LogP contribution is 2.39. The maximum absolute atomic E-state index is 12.3. The highest BCUT2D eigenvalue weighted by molar-refractivity contribution is 5.99. The van der Waals surface area contributed by atoms with Crippen LogP contribution >= 0.6 is 0 Å². The molecule has 1 unspecified atom stereocenters. The van der Waals surface area contributed by atoms with Crippen LogP contribution in [0, 0.1) is 5.92 Å². The van der Waals surface area contributed by atoms with E-state index in [1.807, 2.05) is 6.92 Å². The minimum Gasteiger partial charge on any atom is -0.355 e. The number of hydrogen-bond acceptors (Lipinski definition) is 3. The first kappa shape index (κ1) is 14.5. The predicted molar refractivity (Wildman–Crippen MR) is 77.5 cm³/mol. The summed E-state index contributed by atoms with van der Waals surface area (Å²) in [5.41, 5.74) is 6.39. The third kappa shape index (κ3) is 2.99. The molecule has 0 radical (unpaired) electrons. The molecule has 1 saturated carbocycles. The van der Waals surface area contributed by atoms with Crippen molar-refractivity contribution in [3.63, 3.8) is 0 Å². The summed E-state index contributed by atoms with van der Waals surface area (Å²) in [6, 6.07) is 6.68. The van der Waals surface area contributed by atoms with Crippen LogP contribution in [0.15, 0.2) is 24.3 Å². The van der Waals surface area contributed by atoms with Crippen LogP contribution in [0.5, 0.6) is 0 Å². The molecule has 1 aromatic rings. The summed E-state index contributed by atoms with van der Waals surface area (Å²) < 4.78 is 0. The normalized spacial score (nSPS) is 17.1. The van der Waals surface area contributed by atoms with E-state index in [1.54, 1.807) is 31.3 Å². The molecule has 1 fully saturated rings. The molecule has 0 heterocycles. The number of amides is 2. The molecule has 0 aromatic heterocycles. The molecule has 1 aliphatic carbocycles. The Kier molecular flexibility index (Phi) is 4.09. The number of benzene rings is 1. The first-order chi connectivity index (χ1) is 9.50. The Morgan fingerprint density at radius 1 is 1.30 bits per heavy atom. The Bertz CT molecular complexity index is 526. The quantitative estimate of drug-likeness (QED) is 0.746. The predicted octanol–water partition coefficient (Wildman–Crippen LogP) is 0.903. The molecule has 0 bridgehead atoms. The van der Waals surface area contributed by atoms with Gasteiger partial charge in [-0.05, 0) is 43.9 Å². The first-order valence-electron chi connectivity index (χ1n) is 6.85. The van der Waals surface area contributed by atoms with Gasteiger partial charge < -0.3 is 16.4 Å². The van der Waals surface area contributed by atoms with Crippen molar-refractivity contribution in [2.75, 3.05) is 13.6 Å². The topological polar surface area (TPSA) is 84.2 Å². The lowest BCUT2D eigenvalue weighted by atomic mass is 9.95. The second-order valence-electron chi connectivity index (χ2n) is 5.51. The van der Waals surface area contributed by atoms with Crippen LogP contribution in [0.4, 0.5) is 0 Å².